The second kappa shape index (κ2) is 8.92. The van der Waals surface area contributed by atoms with Gasteiger partial charge in [-0.15, -0.1) is 11.8 Å². The summed E-state index contributed by atoms with van der Waals surface area (Å²) in [6.45, 7) is 2.00. The number of carbonyl (C=O) groups excluding carboxylic acids is 1. The van der Waals surface area contributed by atoms with Crippen LogP contribution in [0.3, 0.4) is 0 Å². The Balaban J connectivity index is 2.41. The van der Waals surface area contributed by atoms with Crippen molar-refractivity contribution in [3.63, 3.8) is 0 Å². The molecular formula is C14H19NO3S2. The number of carboxylic acid groups (broad SMARTS) is 1. The van der Waals surface area contributed by atoms with Crippen LogP contribution in [0.15, 0.2) is 29.2 Å². The molecule has 1 rings (SSSR count). The zero-order chi connectivity index (χ0) is 15.0. The first-order chi connectivity index (χ1) is 9.52. The summed E-state index contributed by atoms with van der Waals surface area (Å²) in [5.41, 5.74) is 1.17. The van der Waals surface area contributed by atoms with E-state index in [9.17, 15) is 9.59 Å². The lowest BCUT2D eigenvalue weighted by Gasteiger charge is -2.13. The van der Waals surface area contributed by atoms with E-state index in [0.29, 0.717) is 12.2 Å². The largest absolute Gasteiger partial charge is 0.480 e. The number of aryl methyl sites for hydroxylation is 1. The van der Waals surface area contributed by atoms with Crippen LogP contribution in [0.5, 0.6) is 0 Å². The van der Waals surface area contributed by atoms with Crippen LogP contribution in [0.4, 0.5) is 0 Å². The van der Waals surface area contributed by atoms with Crippen LogP contribution in [0.25, 0.3) is 0 Å². The normalized spacial score (nSPS) is 11.9. The third-order valence-corrected chi connectivity index (χ3v) is 4.29. The number of rotatable bonds is 8. The number of hydrogen-bond donors (Lipinski definition) is 2. The maximum atomic E-state index is 11.8. The molecule has 0 saturated heterocycles. The van der Waals surface area contributed by atoms with Crippen molar-refractivity contribution >= 4 is 35.4 Å². The molecule has 0 bridgehead atoms. The highest BCUT2D eigenvalue weighted by Gasteiger charge is 2.19. The van der Waals surface area contributed by atoms with Crippen molar-refractivity contribution in [3.05, 3.63) is 29.8 Å². The van der Waals surface area contributed by atoms with Gasteiger partial charge in [-0.3, -0.25) is 4.79 Å². The van der Waals surface area contributed by atoms with Crippen molar-refractivity contribution in [2.45, 2.75) is 24.3 Å². The molecule has 0 saturated carbocycles. The smallest absolute Gasteiger partial charge is 0.326 e. The van der Waals surface area contributed by atoms with E-state index in [0.717, 1.165) is 4.90 Å². The van der Waals surface area contributed by atoms with Gasteiger partial charge in [0.25, 0.3) is 0 Å². The Morgan fingerprint density at radius 2 is 1.95 bits per heavy atom. The zero-order valence-electron chi connectivity index (χ0n) is 11.6. The van der Waals surface area contributed by atoms with Crippen molar-refractivity contribution in [2.75, 3.05) is 17.8 Å². The second-order valence-corrected chi connectivity index (χ2v) is 6.38. The average Bonchev–Trinajstić information content (AvgIpc) is 2.42. The minimum Gasteiger partial charge on any atom is -0.480 e. The van der Waals surface area contributed by atoms with Crippen LogP contribution in [0, 0.1) is 6.92 Å². The van der Waals surface area contributed by atoms with Crippen LogP contribution in [-0.2, 0) is 9.59 Å². The van der Waals surface area contributed by atoms with Crippen LogP contribution in [-0.4, -0.2) is 40.8 Å². The molecule has 110 valence electrons. The second-order valence-electron chi connectivity index (χ2n) is 4.34. The molecule has 0 radical (unpaired) electrons. The quantitative estimate of drug-likeness (QED) is 0.722. The monoisotopic (exact) mass is 313 g/mol. The summed E-state index contributed by atoms with van der Waals surface area (Å²) >= 11 is 2.97. The molecule has 1 atom stereocenters. The first-order valence-corrected chi connectivity index (χ1v) is 8.61. The van der Waals surface area contributed by atoms with Gasteiger partial charge in [-0.25, -0.2) is 4.79 Å². The van der Waals surface area contributed by atoms with Crippen molar-refractivity contribution in [1.82, 2.24) is 5.32 Å². The summed E-state index contributed by atoms with van der Waals surface area (Å²) < 4.78 is 0. The van der Waals surface area contributed by atoms with Crippen LogP contribution in [0.2, 0.25) is 0 Å². The highest BCUT2D eigenvalue weighted by molar-refractivity contribution is 8.00. The molecular weight excluding hydrogens is 294 g/mol. The minimum atomic E-state index is -0.979. The average molecular weight is 313 g/mol. The van der Waals surface area contributed by atoms with E-state index in [1.165, 1.54) is 17.3 Å². The molecule has 0 aliphatic carbocycles. The molecule has 6 heteroatoms. The SMILES string of the molecule is CSCCC(NC(=O)CSc1ccc(C)cc1)C(=O)O. The molecule has 0 spiro atoms. The topological polar surface area (TPSA) is 66.4 Å². The molecule has 0 aliphatic rings. The Bertz CT molecular complexity index is 448. The van der Waals surface area contributed by atoms with Gasteiger partial charge in [0, 0.05) is 4.90 Å². The molecule has 0 aliphatic heterocycles. The molecule has 0 aromatic heterocycles. The zero-order valence-corrected chi connectivity index (χ0v) is 13.2. The maximum absolute atomic E-state index is 11.8. The lowest BCUT2D eigenvalue weighted by Crippen LogP contribution is -2.42. The van der Waals surface area contributed by atoms with E-state index in [1.54, 1.807) is 11.8 Å². The first-order valence-electron chi connectivity index (χ1n) is 6.23. The Hall–Kier alpha value is -1.14. The lowest BCUT2D eigenvalue weighted by atomic mass is 10.2. The fraction of sp³-hybridized carbons (Fsp3) is 0.429. The molecule has 0 heterocycles. The predicted octanol–water partition coefficient (Wildman–Crippen LogP) is 2.41. The van der Waals surface area contributed by atoms with Crippen LogP contribution < -0.4 is 5.32 Å². The Morgan fingerprint density at radius 3 is 2.50 bits per heavy atom. The van der Waals surface area contributed by atoms with E-state index in [-0.39, 0.29) is 11.7 Å². The molecule has 1 amide bonds. The number of thioether (sulfide) groups is 2. The van der Waals surface area contributed by atoms with E-state index >= 15 is 0 Å². The minimum absolute atomic E-state index is 0.228. The van der Waals surface area contributed by atoms with Crippen molar-refractivity contribution in [3.8, 4) is 0 Å². The Morgan fingerprint density at radius 1 is 1.30 bits per heavy atom. The first kappa shape index (κ1) is 16.9. The molecule has 1 aromatic carbocycles. The van der Waals surface area contributed by atoms with Crippen LogP contribution in [0.1, 0.15) is 12.0 Å². The fourth-order valence-corrected chi connectivity index (χ4v) is 2.69. The number of hydrogen-bond acceptors (Lipinski definition) is 4. The van der Waals surface area contributed by atoms with Crippen molar-refractivity contribution < 1.29 is 14.7 Å². The van der Waals surface area contributed by atoms with Gasteiger partial charge in [0.2, 0.25) is 5.91 Å². The summed E-state index contributed by atoms with van der Waals surface area (Å²) in [6, 6.07) is 7.08. The van der Waals surface area contributed by atoms with Crippen LogP contribution >= 0.6 is 23.5 Å². The number of nitrogens with one attached hydrogen (secondary N) is 1. The third kappa shape index (κ3) is 6.34. The fourth-order valence-electron chi connectivity index (χ4n) is 1.51. The highest BCUT2D eigenvalue weighted by Crippen LogP contribution is 2.17. The summed E-state index contributed by atoms with van der Waals surface area (Å²) in [6.07, 6.45) is 2.35. The third-order valence-electron chi connectivity index (χ3n) is 2.63. The standard InChI is InChI=1S/C14H19NO3S2/c1-10-3-5-11(6-4-10)20-9-13(16)15-12(14(17)18)7-8-19-2/h3-6,12H,7-9H2,1-2H3,(H,15,16)(H,17,18). The van der Waals surface area contributed by atoms with E-state index in [2.05, 4.69) is 5.32 Å². The van der Waals surface area contributed by atoms with Gasteiger partial charge in [0.1, 0.15) is 6.04 Å². The number of carboxylic acids is 1. The van der Waals surface area contributed by atoms with Gasteiger partial charge in [-0.2, -0.15) is 11.8 Å². The summed E-state index contributed by atoms with van der Waals surface area (Å²) in [7, 11) is 0. The number of carbonyl (C=O) groups is 2. The van der Waals surface area contributed by atoms with Gasteiger partial charge >= 0.3 is 5.97 Å². The summed E-state index contributed by atoms with van der Waals surface area (Å²) in [4.78, 5) is 23.8. The lowest BCUT2D eigenvalue weighted by molar-refractivity contribution is -0.141. The van der Waals surface area contributed by atoms with Gasteiger partial charge in [-0.05, 0) is 37.5 Å². The number of aliphatic carboxylic acids is 1. The molecule has 0 fully saturated rings. The summed E-state index contributed by atoms with van der Waals surface area (Å²) in [5.74, 6) is -0.286. The molecule has 4 nitrogen and oxygen atoms in total. The highest BCUT2D eigenvalue weighted by atomic mass is 32.2. The van der Waals surface area contributed by atoms with Gasteiger partial charge in [0.05, 0.1) is 5.75 Å². The summed E-state index contributed by atoms with van der Waals surface area (Å²) in [5, 5.41) is 11.6. The van der Waals surface area contributed by atoms with Gasteiger partial charge in [-0.1, -0.05) is 17.7 Å². The van der Waals surface area contributed by atoms with Gasteiger partial charge in [0.15, 0.2) is 0 Å². The number of amides is 1. The molecule has 2 N–H and O–H groups in total. The number of benzene rings is 1. The molecule has 20 heavy (non-hydrogen) atoms. The van der Waals surface area contributed by atoms with Gasteiger partial charge < -0.3 is 10.4 Å². The van der Waals surface area contributed by atoms with Crippen molar-refractivity contribution in [1.29, 1.82) is 0 Å². The van der Waals surface area contributed by atoms with E-state index in [4.69, 9.17) is 5.11 Å². The Kier molecular flexibility index (Phi) is 7.54. The molecule has 1 unspecified atom stereocenters. The van der Waals surface area contributed by atoms with E-state index in [1.807, 2.05) is 37.4 Å². The van der Waals surface area contributed by atoms with E-state index < -0.39 is 12.0 Å². The molecule has 1 aromatic rings. The Labute approximate surface area is 127 Å². The van der Waals surface area contributed by atoms with Crippen molar-refractivity contribution in [2.24, 2.45) is 0 Å². The predicted molar refractivity (Wildman–Crippen MR) is 84.5 cm³/mol. The maximum Gasteiger partial charge on any atom is 0.326 e.